The van der Waals surface area contributed by atoms with E-state index in [1.54, 1.807) is 12.1 Å². The number of fused-ring (bicyclic) bond motifs is 1. The number of hydrogen-bond donors (Lipinski definition) is 1. The van der Waals surface area contributed by atoms with Gasteiger partial charge in [-0.15, -0.1) is 0 Å². The number of nitrogens with zero attached hydrogens (tertiary/aromatic N) is 1. The smallest absolute Gasteiger partial charge is 0.335 e. The van der Waals surface area contributed by atoms with Crippen LogP contribution in [-0.4, -0.2) is 21.9 Å². The van der Waals surface area contributed by atoms with Crippen LogP contribution < -0.4 is 0 Å². The van der Waals surface area contributed by atoms with Gasteiger partial charge in [0.25, 0.3) is 0 Å². The van der Waals surface area contributed by atoms with Gasteiger partial charge in [-0.2, -0.15) is 0 Å². The van der Waals surface area contributed by atoms with Crippen molar-refractivity contribution in [2.45, 2.75) is 38.8 Å². The predicted octanol–water partition coefficient (Wildman–Crippen LogP) is 2.42. The van der Waals surface area contributed by atoms with Crippen LogP contribution in [0.2, 0.25) is 0 Å². The highest BCUT2D eigenvalue weighted by molar-refractivity contribution is 5.88. The van der Waals surface area contributed by atoms with Gasteiger partial charge in [0.05, 0.1) is 5.56 Å². The molecule has 1 heterocycles. The standard InChI is InChI=1S/C15H17NO3/c17-14(10-3-1-2-4-10)16-8-12-6-5-11(15(18)19)7-13(12)9-16/h5-7,10H,1-4,8-9H2,(H,18,19). The van der Waals surface area contributed by atoms with Crippen molar-refractivity contribution >= 4 is 11.9 Å². The highest BCUT2D eigenvalue weighted by Crippen LogP contribution is 2.31. The molecule has 0 atom stereocenters. The molecule has 1 fully saturated rings. The van der Waals surface area contributed by atoms with E-state index >= 15 is 0 Å². The number of amides is 1. The van der Waals surface area contributed by atoms with Crippen LogP contribution in [0.3, 0.4) is 0 Å². The maximum atomic E-state index is 12.3. The summed E-state index contributed by atoms with van der Waals surface area (Å²) in [5.74, 6) is -0.484. The first-order valence-corrected chi connectivity index (χ1v) is 6.79. The fourth-order valence-corrected chi connectivity index (χ4v) is 3.11. The fraction of sp³-hybridized carbons (Fsp3) is 0.467. The largest absolute Gasteiger partial charge is 0.478 e. The highest BCUT2D eigenvalue weighted by atomic mass is 16.4. The minimum absolute atomic E-state index is 0.188. The number of rotatable bonds is 2. The SMILES string of the molecule is O=C(O)c1ccc2c(c1)CN(C(=O)C1CCCC1)C2. The molecule has 1 aliphatic heterocycles. The topological polar surface area (TPSA) is 57.6 Å². The summed E-state index contributed by atoms with van der Waals surface area (Å²) in [6, 6.07) is 5.14. The third-order valence-corrected chi connectivity index (χ3v) is 4.19. The van der Waals surface area contributed by atoms with Crippen LogP contribution in [0.5, 0.6) is 0 Å². The normalized spacial score (nSPS) is 18.6. The van der Waals surface area contributed by atoms with Crippen LogP contribution >= 0.6 is 0 Å². The lowest BCUT2D eigenvalue weighted by molar-refractivity contribution is -0.135. The molecule has 0 aromatic heterocycles. The third kappa shape index (κ3) is 2.23. The van der Waals surface area contributed by atoms with E-state index in [1.807, 2.05) is 11.0 Å². The van der Waals surface area contributed by atoms with Gasteiger partial charge in [-0.3, -0.25) is 4.79 Å². The lowest BCUT2D eigenvalue weighted by Crippen LogP contribution is -2.30. The Morgan fingerprint density at radius 3 is 2.47 bits per heavy atom. The molecule has 0 bridgehead atoms. The minimum atomic E-state index is -0.914. The number of carboxylic acid groups (broad SMARTS) is 1. The first-order valence-electron chi connectivity index (χ1n) is 6.79. The van der Waals surface area contributed by atoms with E-state index in [1.165, 1.54) is 0 Å². The molecule has 0 radical (unpaired) electrons. The lowest BCUT2D eigenvalue weighted by atomic mass is 10.1. The van der Waals surface area contributed by atoms with E-state index in [0.717, 1.165) is 36.8 Å². The van der Waals surface area contributed by atoms with Crippen molar-refractivity contribution in [3.05, 3.63) is 34.9 Å². The Balaban J connectivity index is 1.76. The molecule has 1 aromatic rings. The van der Waals surface area contributed by atoms with Gasteiger partial charge in [-0.25, -0.2) is 4.79 Å². The van der Waals surface area contributed by atoms with Gasteiger partial charge in [-0.05, 0) is 36.1 Å². The zero-order chi connectivity index (χ0) is 13.4. The predicted molar refractivity (Wildman–Crippen MR) is 69.6 cm³/mol. The Hall–Kier alpha value is -1.84. The Bertz CT molecular complexity index is 532. The number of carbonyl (C=O) groups excluding carboxylic acids is 1. The van der Waals surface area contributed by atoms with Crippen molar-refractivity contribution in [2.24, 2.45) is 5.92 Å². The summed E-state index contributed by atoms with van der Waals surface area (Å²) < 4.78 is 0. The van der Waals surface area contributed by atoms with Gasteiger partial charge in [0.1, 0.15) is 0 Å². The maximum absolute atomic E-state index is 12.3. The van der Waals surface area contributed by atoms with Crippen molar-refractivity contribution in [3.63, 3.8) is 0 Å². The number of hydrogen-bond acceptors (Lipinski definition) is 2. The van der Waals surface area contributed by atoms with Crippen LogP contribution in [0.15, 0.2) is 18.2 Å². The Morgan fingerprint density at radius 2 is 1.79 bits per heavy atom. The monoisotopic (exact) mass is 259 g/mol. The van der Waals surface area contributed by atoms with Gasteiger partial charge >= 0.3 is 5.97 Å². The van der Waals surface area contributed by atoms with E-state index in [4.69, 9.17) is 5.11 Å². The van der Waals surface area contributed by atoms with Gasteiger partial charge in [0.15, 0.2) is 0 Å². The molecular weight excluding hydrogens is 242 g/mol. The van der Waals surface area contributed by atoms with Gasteiger partial charge in [0, 0.05) is 19.0 Å². The van der Waals surface area contributed by atoms with Crippen molar-refractivity contribution in [2.75, 3.05) is 0 Å². The Kier molecular flexibility index (Phi) is 3.01. The zero-order valence-corrected chi connectivity index (χ0v) is 10.8. The van der Waals surface area contributed by atoms with E-state index in [-0.39, 0.29) is 11.8 Å². The van der Waals surface area contributed by atoms with Crippen LogP contribution in [0, 0.1) is 5.92 Å². The van der Waals surface area contributed by atoms with Crippen LogP contribution in [0.4, 0.5) is 0 Å². The second-order valence-corrected chi connectivity index (χ2v) is 5.46. The molecule has 1 N–H and O–H groups in total. The summed E-state index contributed by atoms with van der Waals surface area (Å²) in [6.45, 7) is 1.19. The van der Waals surface area contributed by atoms with E-state index in [0.29, 0.717) is 18.7 Å². The second-order valence-electron chi connectivity index (χ2n) is 5.46. The van der Waals surface area contributed by atoms with Crippen LogP contribution in [0.1, 0.15) is 47.2 Å². The summed E-state index contributed by atoms with van der Waals surface area (Å²) >= 11 is 0. The number of benzene rings is 1. The summed E-state index contributed by atoms with van der Waals surface area (Å²) in [5, 5.41) is 8.98. The summed E-state index contributed by atoms with van der Waals surface area (Å²) in [6.07, 6.45) is 4.32. The molecule has 0 unspecified atom stereocenters. The number of carbonyl (C=O) groups is 2. The first kappa shape index (κ1) is 12.2. The summed E-state index contributed by atoms with van der Waals surface area (Å²) in [4.78, 5) is 25.2. The van der Waals surface area contributed by atoms with Crippen molar-refractivity contribution < 1.29 is 14.7 Å². The molecule has 3 rings (SSSR count). The quantitative estimate of drug-likeness (QED) is 0.887. The van der Waals surface area contributed by atoms with Crippen molar-refractivity contribution in [1.82, 2.24) is 4.90 Å². The van der Waals surface area contributed by atoms with Crippen molar-refractivity contribution in [1.29, 1.82) is 0 Å². The molecule has 0 saturated heterocycles. The molecule has 0 spiro atoms. The molecule has 19 heavy (non-hydrogen) atoms. The van der Waals surface area contributed by atoms with Gasteiger partial charge in [-0.1, -0.05) is 18.9 Å². The zero-order valence-electron chi connectivity index (χ0n) is 10.8. The molecule has 4 heteroatoms. The highest BCUT2D eigenvalue weighted by Gasteiger charge is 2.31. The van der Waals surface area contributed by atoms with E-state index < -0.39 is 5.97 Å². The summed E-state index contributed by atoms with van der Waals surface area (Å²) in [5.41, 5.74) is 2.36. The van der Waals surface area contributed by atoms with E-state index in [2.05, 4.69) is 0 Å². The molecule has 2 aliphatic rings. The molecule has 1 aliphatic carbocycles. The minimum Gasteiger partial charge on any atom is -0.478 e. The molecule has 4 nitrogen and oxygen atoms in total. The lowest BCUT2D eigenvalue weighted by Gasteiger charge is -2.19. The fourth-order valence-electron chi connectivity index (χ4n) is 3.11. The average molecular weight is 259 g/mol. The average Bonchev–Trinajstić information content (AvgIpc) is 3.06. The maximum Gasteiger partial charge on any atom is 0.335 e. The number of aromatic carboxylic acids is 1. The van der Waals surface area contributed by atoms with Crippen molar-refractivity contribution in [3.8, 4) is 0 Å². The van der Waals surface area contributed by atoms with E-state index in [9.17, 15) is 9.59 Å². The first-order chi connectivity index (χ1) is 9.15. The Morgan fingerprint density at radius 1 is 1.11 bits per heavy atom. The number of carboxylic acids is 1. The summed E-state index contributed by atoms with van der Waals surface area (Å²) in [7, 11) is 0. The molecule has 1 amide bonds. The molecular formula is C15H17NO3. The molecule has 1 aromatic carbocycles. The third-order valence-electron chi connectivity index (χ3n) is 4.19. The Labute approximate surface area is 112 Å². The van der Waals surface area contributed by atoms with Crippen LogP contribution in [0.25, 0.3) is 0 Å². The van der Waals surface area contributed by atoms with Gasteiger partial charge in [0.2, 0.25) is 5.91 Å². The van der Waals surface area contributed by atoms with Crippen LogP contribution in [-0.2, 0) is 17.9 Å². The molecule has 100 valence electrons. The second kappa shape index (κ2) is 4.68. The van der Waals surface area contributed by atoms with Gasteiger partial charge < -0.3 is 10.0 Å². The molecule has 1 saturated carbocycles.